The number of para-hydroxylation sites is 2. The molecule has 1 spiro atoms. The lowest BCUT2D eigenvalue weighted by Crippen LogP contribution is -2.55. The molecular weight excluding hydrogens is 424 g/mol. The lowest BCUT2D eigenvalue weighted by atomic mass is 9.90. The molecule has 3 saturated heterocycles. The van der Waals surface area contributed by atoms with Crippen LogP contribution in [0.3, 0.4) is 0 Å². The van der Waals surface area contributed by atoms with Crippen LogP contribution in [0.2, 0.25) is 0 Å². The number of nitrogens with zero attached hydrogens (tertiary/aromatic N) is 2. The number of benzene rings is 2. The summed E-state index contributed by atoms with van der Waals surface area (Å²) in [6.45, 7) is 3.26. The minimum Gasteiger partial charge on any atom is -0.496 e. The fourth-order valence-corrected chi connectivity index (χ4v) is 4.92. The number of amides is 1. The average molecular weight is 450 g/mol. The van der Waals surface area contributed by atoms with Gasteiger partial charge in [-0.1, -0.05) is 36.4 Å². The highest BCUT2D eigenvalue weighted by Gasteiger charge is 2.58. The fourth-order valence-electron chi connectivity index (χ4n) is 4.92. The maximum Gasteiger partial charge on any atom is 0.421 e. The molecule has 33 heavy (non-hydrogen) atoms. The average Bonchev–Trinajstić information content (AvgIpc) is 3.09. The highest BCUT2D eigenvalue weighted by atomic mass is 16.8. The van der Waals surface area contributed by atoms with E-state index >= 15 is 0 Å². The van der Waals surface area contributed by atoms with E-state index in [1.165, 1.54) is 5.56 Å². The van der Waals surface area contributed by atoms with E-state index in [0.717, 1.165) is 43.1 Å². The molecule has 2 aromatic carbocycles. The zero-order chi connectivity index (χ0) is 23.0. The van der Waals surface area contributed by atoms with E-state index in [4.69, 9.17) is 14.2 Å². The Labute approximate surface area is 192 Å². The van der Waals surface area contributed by atoms with Gasteiger partial charge in [-0.2, -0.15) is 0 Å². The lowest BCUT2D eigenvalue weighted by molar-refractivity contribution is -0.192. The van der Waals surface area contributed by atoms with Gasteiger partial charge in [0.25, 0.3) is 0 Å². The van der Waals surface area contributed by atoms with Crippen molar-refractivity contribution in [2.75, 3.05) is 38.2 Å². The zero-order valence-corrected chi connectivity index (χ0v) is 18.5. The van der Waals surface area contributed by atoms with Crippen LogP contribution in [-0.4, -0.2) is 61.8 Å². The Morgan fingerprint density at radius 3 is 2.45 bits per heavy atom. The normalized spacial score (nSPS) is 20.5. The number of anilines is 1. The van der Waals surface area contributed by atoms with Gasteiger partial charge in [0.05, 0.1) is 7.11 Å². The molecule has 1 amide bonds. The van der Waals surface area contributed by atoms with Crippen LogP contribution in [-0.2, 0) is 30.3 Å². The standard InChI is InChI=1S/C25H26N2O6/c1-31-21-10-5-3-8-19(21)18-15-26(16-18)14-11-17-7-2-4-9-20(17)27-13-6-12-25(24(27)30)32-22(28)23(29)33-25/h2-5,7-10,18H,6,11-16H2,1H3. The molecule has 5 rings (SSSR count). The molecule has 0 radical (unpaired) electrons. The molecule has 0 bridgehead atoms. The summed E-state index contributed by atoms with van der Waals surface area (Å²) in [6, 6.07) is 15.9. The van der Waals surface area contributed by atoms with Crippen molar-refractivity contribution < 1.29 is 28.6 Å². The summed E-state index contributed by atoms with van der Waals surface area (Å²) < 4.78 is 15.7. The van der Waals surface area contributed by atoms with Crippen LogP contribution in [0.5, 0.6) is 5.75 Å². The van der Waals surface area contributed by atoms with Gasteiger partial charge < -0.3 is 24.0 Å². The molecule has 0 unspecified atom stereocenters. The van der Waals surface area contributed by atoms with Gasteiger partial charge in [-0.15, -0.1) is 0 Å². The Morgan fingerprint density at radius 1 is 1.00 bits per heavy atom. The van der Waals surface area contributed by atoms with E-state index in [1.54, 1.807) is 12.0 Å². The van der Waals surface area contributed by atoms with Crippen molar-refractivity contribution in [3.05, 3.63) is 59.7 Å². The van der Waals surface area contributed by atoms with Gasteiger partial charge in [-0.3, -0.25) is 4.79 Å². The fraction of sp³-hybridized carbons (Fsp3) is 0.400. The maximum absolute atomic E-state index is 13.2. The molecule has 0 N–H and O–H groups in total. The smallest absolute Gasteiger partial charge is 0.421 e. The Morgan fingerprint density at radius 2 is 1.70 bits per heavy atom. The number of carbonyl (C=O) groups is 3. The third-order valence-electron chi connectivity index (χ3n) is 6.66. The van der Waals surface area contributed by atoms with Crippen LogP contribution in [0.25, 0.3) is 0 Å². The van der Waals surface area contributed by atoms with Crippen LogP contribution < -0.4 is 9.64 Å². The summed E-state index contributed by atoms with van der Waals surface area (Å²) in [4.78, 5) is 40.4. The number of ether oxygens (including phenoxy) is 3. The number of piperidine rings is 1. The molecule has 3 heterocycles. The predicted molar refractivity (Wildman–Crippen MR) is 119 cm³/mol. The Balaban J connectivity index is 1.25. The minimum absolute atomic E-state index is 0.181. The molecule has 3 aliphatic rings. The van der Waals surface area contributed by atoms with Gasteiger partial charge in [0.2, 0.25) is 0 Å². The second-order valence-corrected chi connectivity index (χ2v) is 8.67. The Hall–Kier alpha value is -3.39. The van der Waals surface area contributed by atoms with Crippen molar-refractivity contribution >= 4 is 23.5 Å². The van der Waals surface area contributed by atoms with Crippen LogP contribution in [0.1, 0.15) is 29.9 Å². The Bertz CT molecular complexity index is 1080. The van der Waals surface area contributed by atoms with Crippen molar-refractivity contribution in [1.82, 2.24) is 4.90 Å². The topological polar surface area (TPSA) is 85.4 Å². The van der Waals surface area contributed by atoms with Gasteiger partial charge in [-0.25, -0.2) is 9.59 Å². The van der Waals surface area contributed by atoms with Crippen LogP contribution in [0.4, 0.5) is 5.69 Å². The first-order valence-corrected chi connectivity index (χ1v) is 11.2. The van der Waals surface area contributed by atoms with E-state index in [-0.39, 0.29) is 6.42 Å². The first kappa shape index (κ1) is 21.5. The third-order valence-corrected chi connectivity index (χ3v) is 6.66. The number of likely N-dealkylation sites (tertiary alicyclic amines) is 1. The molecule has 8 nitrogen and oxygen atoms in total. The summed E-state index contributed by atoms with van der Waals surface area (Å²) in [5, 5.41) is 0. The number of hydrogen-bond acceptors (Lipinski definition) is 7. The summed E-state index contributed by atoms with van der Waals surface area (Å²) >= 11 is 0. The molecule has 8 heteroatoms. The Kier molecular flexibility index (Phi) is 5.54. The van der Waals surface area contributed by atoms with E-state index in [0.29, 0.717) is 18.9 Å². The highest BCUT2D eigenvalue weighted by Crippen LogP contribution is 2.37. The van der Waals surface area contributed by atoms with E-state index in [2.05, 4.69) is 11.0 Å². The second-order valence-electron chi connectivity index (χ2n) is 8.67. The van der Waals surface area contributed by atoms with Gasteiger partial charge in [-0.05, 0) is 36.1 Å². The first-order chi connectivity index (χ1) is 16.0. The van der Waals surface area contributed by atoms with Crippen molar-refractivity contribution in [3.8, 4) is 5.75 Å². The largest absolute Gasteiger partial charge is 0.496 e. The molecule has 0 aliphatic carbocycles. The summed E-state index contributed by atoms with van der Waals surface area (Å²) in [5.74, 6) is -3.16. The number of esters is 2. The molecule has 2 aromatic rings. The van der Waals surface area contributed by atoms with Crippen LogP contribution in [0, 0.1) is 0 Å². The molecule has 0 aromatic heterocycles. The number of methoxy groups -OCH3 is 1. The number of hydrogen-bond donors (Lipinski definition) is 0. The van der Waals surface area contributed by atoms with Crippen molar-refractivity contribution in [3.63, 3.8) is 0 Å². The molecule has 0 saturated carbocycles. The zero-order valence-electron chi connectivity index (χ0n) is 18.5. The third kappa shape index (κ3) is 3.84. The predicted octanol–water partition coefficient (Wildman–Crippen LogP) is 2.26. The van der Waals surface area contributed by atoms with E-state index < -0.39 is 23.6 Å². The van der Waals surface area contributed by atoms with Gasteiger partial charge in [0, 0.05) is 44.2 Å². The van der Waals surface area contributed by atoms with Crippen LogP contribution >= 0.6 is 0 Å². The quantitative estimate of drug-likeness (QED) is 0.493. The SMILES string of the molecule is COc1ccccc1C1CN(CCc2ccccc2N2CCCC3(OC(=O)C(=O)O3)C2=O)C1. The second kappa shape index (κ2) is 8.51. The highest BCUT2D eigenvalue weighted by molar-refractivity contribution is 6.32. The van der Waals surface area contributed by atoms with Gasteiger partial charge in [0.15, 0.2) is 0 Å². The number of carbonyl (C=O) groups excluding carboxylic acids is 3. The summed E-state index contributed by atoms with van der Waals surface area (Å²) in [5.41, 5.74) is 3.03. The van der Waals surface area contributed by atoms with E-state index in [9.17, 15) is 14.4 Å². The summed E-state index contributed by atoms with van der Waals surface area (Å²) in [6.07, 6.45) is 1.51. The molecule has 3 fully saturated rings. The van der Waals surface area contributed by atoms with Crippen molar-refractivity contribution in [1.29, 1.82) is 0 Å². The molecular formula is C25H26N2O6. The van der Waals surface area contributed by atoms with Gasteiger partial charge in [0.1, 0.15) is 5.75 Å². The monoisotopic (exact) mass is 450 g/mol. The van der Waals surface area contributed by atoms with Crippen LogP contribution in [0.15, 0.2) is 48.5 Å². The first-order valence-electron chi connectivity index (χ1n) is 11.2. The molecule has 0 atom stereocenters. The van der Waals surface area contributed by atoms with Gasteiger partial charge >= 0.3 is 23.6 Å². The molecule has 3 aliphatic heterocycles. The minimum atomic E-state index is -1.82. The molecule has 172 valence electrons. The van der Waals surface area contributed by atoms with Crippen molar-refractivity contribution in [2.24, 2.45) is 0 Å². The number of rotatable bonds is 6. The summed E-state index contributed by atoms with van der Waals surface area (Å²) in [7, 11) is 1.70. The van der Waals surface area contributed by atoms with Crippen molar-refractivity contribution in [2.45, 2.75) is 31.0 Å². The maximum atomic E-state index is 13.2. The lowest BCUT2D eigenvalue weighted by Gasteiger charge is -2.40. The van der Waals surface area contributed by atoms with E-state index in [1.807, 2.05) is 42.5 Å².